The van der Waals surface area contributed by atoms with E-state index in [1.807, 2.05) is 30.3 Å². The van der Waals surface area contributed by atoms with E-state index in [2.05, 4.69) is 27.2 Å². The number of benzene rings is 2. The zero-order chi connectivity index (χ0) is 24.1. The summed E-state index contributed by atoms with van der Waals surface area (Å²) in [7, 11) is 0. The number of hydrogen-bond acceptors (Lipinski definition) is 5. The van der Waals surface area contributed by atoms with Crippen molar-refractivity contribution in [1.82, 2.24) is 16.0 Å². The molecule has 2 aromatic carbocycles. The van der Waals surface area contributed by atoms with E-state index in [9.17, 15) is 19.2 Å². The molecule has 0 aliphatic carbocycles. The lowest BCUT2D eigenvalue weighted by Gasteiger charge is -2.15. The van der Waals surface area contributed by atoms with Crippen LogP contribution in [-0.2, 0) is 20.9 Å². The molecule has 0 aliphatic heterocycles. The molecule has 4 amide bonds. The number of urea groups is 1. The van der Waals surface area contributed by atoms with Gasteiger partial charge in [-0.15, -0.1) is 12.3 Å². The maximum atomic E-state index is 12.4. The molecule has 2 rings (SSSR count). The van der Waals surface area contributed by atoms with E-state index in [1.165, 1.54) is 6.07 Å². The third-order valence-electron chi connectivity index (χ3n) is 4.32. The average Bonchev–Trinajstić information content (AvgIpc) is 2.82. The second-order valence-corrected chi connectivity index (χ2v) is 6.84. The summed E-state index contributed by atoms with van der Waals surface area (Å²) in [6.07, 6.45) is 5.19. The van der Waals surface area contributed by atoms with Crippen LogP contribution < -0.4 is 21.3 Å². The second-order valence-electron chi connectivity index (χ2n) is 6.84. The number of esters is 1. The largest absolute Gasteiger partial charge is 0.464 e. The highest BCUT2D eigenvalue weighted by atomic mass is 16.5. The number of hydrogen-bond donors (Lipinski definition) is 4. The van der Waals surface area contributed by atoms with Gasteiger partial charge in [0.15, 0.2) is 0 Å². The molecule has 2 aromatic rings. The van der Waals surface area contributed by atoms with E-state index in [0.717, 1.165) is 5.56 Å². The van der Waals surface area contributed by atoms with Gasteiger partial charge in [-0.2, -0.15) is 0 Å². The fourth-order valence-electron chi connectivity index (χ4n) is 2.75. The van der Waals surface area contributed by atoms with Gasteiger partial charge in [0.25, 0.3) is 5.91 Å². The molecule has 0 fully saturated rings. The van der Waals surface area contributed by atoms with Gasteiger partial charge in [-0.25, -0.2) is 9.59 Å². The smallest absolute Gasteiger partial charge is 0.329 e. The maximum absolute atomic E-state index is 12.4. The van der Waals surface area contributed by atoms with Crippen LogP contribution in [0.5, 0.6) is 0 Å². The van der Waals surface area contributed by atoms with Gasteiger partial charge >= 0.3 is 12.0 Å². The molecule has 0 aliphatic rings. The molecule has 0 radical (unpaired) electrons. The molecule has 4 N–H and O–H groups in total. The summed E-state index contributed by atoms with van der Waals surface area (Å²) in [4.78, 5) is 48.4. The molecule has 9 nitrogen and oxygen atoms in total. The monoisotopic (exact) mass is 450 g/mol. The molecule has 0 bridgehead atoms. The average molecular weight is 450 g/mol. The van der Waals surface area contributed by atoms with Crippen LogP contribution in [0.15, 0.2) is 54.6 Å². The Balaban J connectivity index is 1.85. The van der Waals surface area contributed by atoms with Gasteiger partial charge in [0.2, 0.25) is 5.91 Å². The third-order valence-corrected chi connectivity index (χ3v) is 4.32. The first kappa shape index (κ1) is 24.9. The topological polar surface area (TPSA) is 126 Å². The van der Waals surface area contributed by atoms with Crippen LogP contribution in [0.2, 0.25) is 0 Å². The van der Waals surface area contributed by atoms with Gasteiger partial charge in [-0.1, -0.05) is 36.4 Å². The first-order chi connectivity index (χ1) is 15.9. The van der Waals surface area contributed by atoms with E-state index in [1.54, 1.807) is 25.1 Å². The predicted octanol–water partition coefficient (Wildman–Crippen LogP) is 1.81. The van der Waals surface area contributed by atoms with Crippen molar-refractivity contribution in [2.24, 2.45) is 0 Å². The minimum absolute atomic E-state index is 0.0292. The molecule has 0 heterocycles. The Hall–Kier alpha value is -4.32. The number of terminal acetylenes is 1. The van der Waals surface area contributed by atoms with E-state index in [4.69, 9.17) is 11.2 Å². The summed E-state index contributed by atoms with van der Waals surface area (Å²) in [5, 5.41) is 10.3. The van der Waals surface area contributed by atoms with Crippen LogP contribution in [-0.4, -0.2) is 43.0 Å². The van der Waals surface area contributed by atoms with Crippen molar-refractivity contribution < 1.29 is 23.9 Å². The van der Waals surface area contributed by atoms with Crippen molar-refractivity contribution in [2.75, 3.05) is 18.5 Å². The summed E-state index contributed by atoms with van der Waals surface area (Å²) >= 11 is 0. The number of amides is 4. The lowest BCUT2D eigenvalue weighted by atomic mass is 10.2. The van der Waals surface area contributed by atoms with Gasteiger partial charge in [0.05, 0.1) is 13.2 Å². The van der Waals surface area contributed by atoms with Crippen LogP contribution in [0.25, 0.3) is 0 Å². The first-order valence-corrected chi connectivity index (χ1v) is 10.3. The van der Waals surface area contributed by atoms with Crippen LogP contribution >= 0.6 is 0 Å². The van der Waals surface area contributed by atoms with Gasteiger partial charge in [0, 0.05) is 24.2 Å². The number of carbonyl (C=O) groups excluding carboxylic acids is 4. The van der Waals surface area contributed by atoms with Gasteiger partial charge < -0.3 is 26.0 Å². The van der Waals surface area contributed by atoms with E-state index in [0.29, 0.717) is 12.2 Å². The second kappa shape index (κ2) is 13.2. The van der Waals surface area contributed by atoms with Gasteiger partial charge in [0.1, 0.15) is 6.04 Å². The molecular weight excluding hydrogens is 424 g/mol. The lowest BCUT2D eigenvalue weighted by molar-refractivity contribution is -0.147. The Labute approximate surface area is 192 Å². The van der Waals surface area contributed by atoms with Crippen molar-refractivity contribution in [3.05, 3.63) is 65.7 Å². The minimum Gasteiger partial charge on any atom is -0.464 e. The van der Waals surface area contributed by atoms with Crippen LogP contribution in [0, 0.1) is 12.3 Å². The Kier molecular flexibility index (Phi) is 9.95. The Morgan fingerprint density at radius 3 is 2.48 bits per heavy atom. The quantitative estimate of drug-likeness (QED) is 0.325. The molecule has 1 atom stereocenters. The molecule has 0 aromatic heterocycles. The van der Waals surface area contributed by atoms with E-state index < -0.39 is 29.9 Å². The minimum atomic E-state index is -0.985. The fraction of sp³-hybridized carbons (Fsp3) is 0.250. The SMILES string of the molecule is C#CCC(NC(=O)CNC(=O)c1cccc(NC(=O)NCc2ccccc2)c1)C(=O)OCC. The van der Waals surface area contributed by atoms with Crippen molar-refractivity contribution in [2.45, 2.75) is 25.9 Å². The molecule has 0 spiro atoms. The first-order valence-electron chi connectivity index (χ1n) is 10.3. The zero-order valence-electron chi connectivity index (χ0n) is 18.2. The highest BCUT2D eigenvalue weighted by Gasteiger charge is 2.21. The van der Waals surface area contributed by atoms with Crippen molar-refractivity contribution in [3.63, 3.8) is 0 Å². The number of ether oxygens (including phenoxy) is 1. The normalized spacial score (nSPS) is 10.8. The molecular formula is C24H26N4O5. The highest BCUT2D eigenvalue weighted by Crippen LogP contribution is 2.10. The standard InChI is InChI=1S/C24H26N4O5/c1-3-9-20(23(31)33-4-2)28-21(29)16-25-22(30)18-12-8-13-19(14-18)27-24(32)26-15-17-10-6-5-7-11-17/h1,5-8,10-14,20H,4,9,15-16H2,2H3,(H,25,30)(H,28,29)(H2,26,27,32). The molecule has 0 saturated heterocycles. The van der Waals surface area contributed by atoms with E-state index >= 15 is 0 Å². The van der Waals surface area contributed by atoms with E-state index in [-0.39, 0.29) is 25.1 Å². The molecule has 172 valence electrons. The fourth-order valence-corrected chi connectivity index (χ4v) is 2.75. The Morgan fingerprint density at radius 2 is 1.79 bits per heavy atom. The van der Waals surface area contributed by atoms with Gasteiger partial charge in [-0.05, 0) is 30.7 Å². The van der Waals surface area contributed by atoms with Gasteiger partial charge in [-0.3, -0.25) is 9.59 Å². The van der Waals surface area contributed by atoms with Crippen molar-refractivity contribution in [3.8, 4) is 12.3 Å². The molecule has 1 unspecified atom stereocenters. The Bertz CT molecular complexity index is 1020. The van der Waals surface area contributed by atoms with Crippen molar-refractivity contribution >= 4 is 29.5 Å². The summed E-state index contributed by atoms with van der Waals surface area (Å²) in [5.74, 6) is 0.545. The van der Waals surface area contributed by atoms with Crippen LogP contribution in [0.1, 0.15) is 29.3 Å². The molecule has 9 heteroatoms. The maximum Gasteiger partial charge on any atom is 0.329 e. The number of nitrogens with one attached hydrogen (secondary N) is 4. The molecule has 33 heavy (non-hydrogen) atoms. The number of rotatable bonds is 10. The van der Waals surface area contributed by atoms with Crippen LogP contribution in [0.4, 0.5) is 10.5 Å². The predicted molar refractivity (Wildman–Crippen MR) is 123 cm³/mol. The third kappa shape index (κ3) is 8.75. The number of carbonyl (C=O) groups is 4. The summed E-state index contributed by atoms with van der Waals surface area (Å²) in [5.41, 5.74) is 1.61. The molecule has 0 saturated carbocycles. The lowest BCUT2D eigenvalue weighted by Crippen LogP contribution is -2.46. The summed E-state index contributed by atoms with van der Waals surface area (Å²) in [6.45, 7) is 1.78. The summed E-state index contributed by atoms with van der Waals surface area (Å²) < 4.78 is 4.86. The van der Waals surface area contributed by atoms with Crippen LogP contribution in [0.3, 0.4) is 0 Å². The van der Waals surface area contributed by atoms with Crippen molar-refractivity contribution in [1.29, 1.82) is 0 Å². The number of anilines is 1. The highest BCUT2D eigenvalue weighted by molar-refractivity contribution is 5.98. The summed E-state index contributed by atoms with van der Waals surface area (Å²) in [6, 6.07) is 14.3. The Morgan fingerprint density at radius 1 is 1.03 bits per heavy atom. The zero-order valence-corrected chi connectivity index (χ0v) is 18.2.